The second kappa shape index (κ2) is 8.25. The topological polar surface area (TPSA) is 24.5 Å². The lowest BCUT2D eigenvalue weighted by molar-refractivity contribution is -0.148. The van der Waals surface area contributed by atoms with Crippen LogP contribution in [0, 0.1) is 0 Å². The van der Waals surface area contributed by atoms with E-state index in [1.54, 1.807) is 13.2 Å². The molecular weight excluding hydrogens is 353 g/mol. The van der Waals surface area contributed by atoms with E-state index in [4.69, 9.17) is 4.74 Å². The van der Waals surface area contributed by atoms with E-state index in [9.17, 15) is 13.2 Å². The van der Waals surface area contributed by atoms with Crippen LogP contribution in [0.1, 0.15) is 18.0 Å². The summed E-state index contributed by atoms with van der Waals surface area (Å²) in [5, 5.41) is 5.08. The van der Waals surface area contributed by atoms with Crippen molar-refractivity contribution in [3.05, 3.63) is 42.0 Å². The minimum atomic E-state index is -4.19. The van der Waals surface area contributed by atoms with Gasteiger partial charge in [-0.1, -0.05) is 18.2 Å². The molecule has 1 heterocycles. The molecule has 138 valence electrons. The third kappa shape index (κ3) is 5.00. The first-order chi connectivity index (χ1) is 11.5. The predicted octanol–water partition coefficient (Wildman–Crippen LogP) is 4.17. The number of piperazine rings is 1. The Morgan fingerprint density at radius 2 is 1.72 bits per heavy atom. The molecule has 0 bridgehead atoms. The molecule has 0 saturated carbocycles. The molecule has 3 rings (SSSR count). The summed E-state index contributed by atoms with van der Waals surface area (Å²) < 4.78 is 44.5. The third-order valence-corrected chi connectivity index (χ3v) is 4.47. The number of methoxy groups -OCH3 is 1. The molecule has 1 fully saturated rings. The monoisotopic (exact) mass is 374 g/mol. The summed E-state index contributed by atoms with van der Waals surface area (Å²) in [6.45, 7) is 2.70. The molecule has 0 unspecified atom stereocenters. The minimum absolute atomic E-state index is 0. The van der Waals surface area contributed by atoms with Gasteiger partial charge in [0.25, 0.3) is 0 Å². The molecule has 0 spiro atoms. The van der Waals surface area contributed by atoms with Gasteiger partial charge < -0.3 is 10.1 Å². The first-order valence-electron chi connectivity index (χ1n) is 8.05. The Morgan fingerprint density at radius 1 is 1.08 bits per heavy atom. The van der Waals surface area contributed by atoms with Gasteiger partial charge in [0, 0.05) is 32.2 Å². The Kier molecular flexibility index (Phi) is 6.54. The van der Waals surface area contributed by atoms with E-state index >= 15 is 0 Å². The highest BCUT2D eigenvalue weighted by Crippen LogP contribution is 2.35. The highest BCUT2D eigenvalue weighted by atomic mass is 35.5. The largest absolute Gasteiger partial charge is 0.497 e. The number of nitrogens with one attached hydrogen (secondary N) is 1. The van der Waals surface area contributed by atoms with E-state index in [2.05, 4.69) is 5.32 Å². The lowest BCUT2D eigenvalue weighted by atomic mass is 9.97. The average molecular weight is 375 g/mol. The van der Waals surface area contributed by atoms with Crippen molar-refractivity contribution in [2.45, 2.75) is 18.6 Å². The van der Waals surface area contributed by atoms with Crippen LogP contribution < -0.4 is 10.1 Å². The van der Waals surface area contributed by atoms with E-state index in [-0.39, 0.29) is 12.4 Å². The highest BCUT2D eigenvalue weighted by Gasteiger charge is 2.36. The predicted molar refractivity (Wildman–Crippen MR) is 95.6 cm³/mol. The SMILES string of the molecule is COc1ccc2cc([C@H](CC(F)(F)F)N3CCNCC3)ccc2c1.Cl. The average Bonchev–Trinajstić information content (AvgIpc) is 2.59. The van der Waals surface area contributed by atoms with Crippen LogP contribution in [0.15, 0.2) is 36.4 Å². The normalized spacial score (nSPS) is 17.1. The number of nitrogens with zero attached hydrogens (tertiary/aromatic N) is 1. The van der Waals surface area contributed by atoms with Crippen molar-refractivity contribution in [2.75, 3.05) is 33.3 Å². The van der Waals surface area contributed by atoms with Gasteiger partial charge in [-0.15, -0.1) is 12.4 Å². The van der Waals surface area contributed by atoms with Crippen molar-refractivity contribution in [3.8, 4) is 5.75 Å². The van der Waals surface area contributed by atoms with Crippen molar-refractivity contribution < 1.29 is 17.9 Å². The van der Waals surface area contributed by atoms with E-state index in [0.29, 0.717) is 18.7 Å². The van der Waals surface area contributed by atoms with E-state index in [1.165, 1.54) is 0 Å². The number of alkyl halides is 3. The van der Waals surface area contributed by atoms with Crippen LogP contribution in [-0.2, 0) is 0 Å². The Morgan fingerprint density at radius 3 is 2.36 bits per heavy atom. The summed E-state index contributed by atoms with van der Waals surface area (Å²) in [6, 6.07) is 10.5. The summed E-state index contributed by atoms with van der Waals surface area (Å²) in [5.41, 5.74) is 0.715. The van der Waals surface area contributed by atoms with Crippen molar-refractivity contribution in [2.24, 2.45) is 0 Å². The van der Waals surface area contributed by atoms with E-state index < -0.39 is 18.6 Å². The van der Waals surface area contributed by atoms with Crippen LogP contribution in [0.25, 0.3) is 10.8 Å². The second-order valence-electron chi connectivity index (χ2n) is 6.09. The standard InChI is InChI=1S/C18H21F3N2O.ClH/c1-24-16-5-4-13-10-15(3-2-14(13)11-16)17(12-18(19,20)21)23-8-6-22-7-9-23;/h2-5,10-11,17,22H,6-9,12H2,1H3;1H/t17-;/m0./s1. The van der Waals surface area contributed by atoms with E-state index in [1.807, 2.05) is 35.2 Å². The molecule has 1 aliphatic heterocycles. The zero-order valence-corrected chi connectivity index (χ0v) is 14.8. The van der Waals surface area contributed by atoms with Crippen molar-refractivity contribution in [1.82, 2.24) is 10.2 Å². The summed E-state index contributed by atoms with van der Waals surface area (Å²) in [6.07, 6.45) is -5.01. The molecule has 0 aromatic heterocycles. The van der Waals surface area contributed by atoms with Gasteiger partial charge in [0.15, 0.2) is 0 Å². The van der Waals surface area contributed by atoms with Crippen LogP contribution in [0.2, 0.25) is 0 Å². The van der Waals surface area contributed by atoms with Crippen LogP contribution >= 0.6 is 12.4 Å². The smallest absolute Gasteiger partial charge is 0.390 e. The molecule has 2 aromatic rings. The molecule has 2 aromatic carbocycles. The van der Waals surface area contributed by atoms with Crippen molar-refractivity contribution >= 4 is 23.2 Å². The lowest BCUT2D eigenvalue weighted by Gasteiger charge is -2.35. The van der Waals surface area contributed by atoms with Crippen LogP contribution in [0.4, 0.5) is 13.2 Å². The molecule has 1 saturated heterocycles. The van der Waals surface area contributed by atoms with Crippen molar-refractivity contribution in [3.63, 3.8) is 0 Å². The molecule has 0 aliphatic carbocycles. The van der Waals surface area contributed by atoms with Gasteiger partial charge >= 0.3 is 6.18 Å². The van der Waals surface area contributed by atoms with E-state index in [0.717, 1.165) is 29.6 Å². The fourth-order valence-corrected chi connectivity index (χ4v) is 3.25. The minimum Gasteiger partial charge on any atom is -0.497 e. The molecule has 0 radical (unpaired) electrons. The van der Waals surface area contributed by atoms with Crippen LogP contribution in [-0.4, -0.2) is 44.4 Å². The quantitative estimate of drug-likeness (QED) is 0.869. The van der Waals surface area contributed by atoms with Gasteiger partial charge in [0.2, 0.25) is 0 Å². The number of hydrogen-bond donors (Lipinski definition) is 1. The number of ether oxygens (including phenoxy) is 1. The number of hydrogen-bond acceptors (Lipinski definition) is 3. The zero-order valence-electron chi connectivity index (χ0n) is 14.0. The third-order valence-electron chi connectivity index (χ3n) is 4.47. The van der Waals surface area contributed by atoms with Crippen LogP contribution in [0.3, 0.4) is 0 Å². The molecule has 1 aliphatic rings. The molecular formula is C18H22ClF3N2O. The number of rotatable bonds is 4. The fourth-order valence-electron chi connectivity index (χ4n) is 3.25. The highest BCUT2D eigenvalue weighted by molar-refractivity contribution is 5.85. The first-order valence-corrected chi connectivity index (χ1v) is 8.05. The lowest BCUT2D eigenvalue weighted by Crippen LogP contribution is -2.46. The number of fused-ring (bicyclic) bond motifs is 1. The number of benzene rings is 2. The van der Waals surface area contributed by atoms with Crippen molar-refractivity contribution in [1.29, 1.82) is 0 Å². The summed E-state index contributed by atoms with van der Waals surface area (Å²) in [5.74, 6) is 0.740. The summed E-state index contributed by atoms with van der Waals surface area (Å²) in [4.78, 5) is 1.93. The molecule has 7 heteroatoms. The molecule has 1 atom stereocenters. The van der Waals surface area contributed by atoms with Gasteiger partial charge in [0.05, 0.1) is 13.5 Å². The van der Waals surface area contributed by atoms with Gasteiger partial charge in [-0.2, -0.15) is 13.2 Å². The first kappa shape index (κ1) is 19.8. The Labute approximate surface area is 151 Å². The van der Waals surface area contributed by atoms with Gasteiger partial charge in [-0.3, -0.25) is 4.90 Å². The molecule has 3 nitrogen and oxygen atoms in total. The molecule has 25 heavy (non-hydrogen) atoms. The fraction of sp³-hybridized carbons (Fsp3) is 0.444. The Balaban J connectivity index is 0.00000225. The van der Waals surface area contributed by atoms with Crippen LogP contribution in [0.5, 0.6) is 5.75 Å². The molecule has 1 N–H and O–H groups in total. The maximum Gasteiger partial charge on any atom is 0.390 e. The maximum absolute atomic E-state index is 13.1. The second-order valence-corrected chi connectivity index (χ2v) is 6.09. The van der Waals surface area contributed by atoms with Gasteiger partial charge in [-0.05, 0) is 34.5 Å². The zero-order chi connectivity index (χ0) is 17.2. The summed E-state index contributed by atoms with van der Waals surface area (Å²) >= 11 is 0. The molecule has 0 amide bonds. The number of halogens is 4. The Bertz CT molecular complexity index is 702. The Hall–Kier alpha value is -1.50. The van der Waals surface area contributed by atoms with Gasteiger partial charge in [-0.25, -0.2) is 0 Å². The maximum atomic E-state index is 13.1. The van der Waals surface area contributed by atoms with Gasteiger partial charge in [0.1, 0.15) is 5.75 Å². The summed E-state index contributed by atoms with van der Waals surface area (Å²) in [7, 11) is 1.60.